The van der Waals surface area contributed by atoms with E-state index in [2.05, 4.69) is 11.6 Å². The minimum absolute atomic E-state index is 0.0203. The van der Waals surface area contributed by atoms with Gasteiger partial charge in [0.25, 0.3) is 5.56 Å². The van der Waals surface area contributed by atoms with Crippen molar-refractivity contribution >= 4 is 5.82 Å². The van der Waals surface area contributed by atoms with E-state index in [9.17, 15) is 4.79 Å². The van der Waals surface area contributed by atoms with Crippen molar-refractivity contribution in [3.8, 4) is 0 Å². The standard InChI is InChI=1S/C10H15N3O2/c1-3-5-13(7-8-14)9-10(15)12(2)6-4-11-9/h3-4,6,14H,1,5,7-8H2,2H3. The summed E-state index contributed by atoms with van der Waals surface area (Å²) in [5.41, 5.74) is -0.173. The molecule has 1 aromatic heterocycles. The molecule has 1 rings (SSSR count). The molecule has 82 valence electrons. The van der Waals surface area contributed by atoms with Gasteiger partial charge in [0.15, 0.2) is 5.82 Å². The van der Waals surface area contributed by atoms with Gasteiger partial charge >= 0.3 is 0 Å². The smallest absolute Gasteiger partial charge is 0.293 e. The first-order chi connectivity index (χ1) is 7.20. The Morgan fingerprint density at radius 2 is 2.47 bits per heavy atom. The Bertz CT molecular complexity index is 386. The molecule has 0 aliphatic heterocycles. The fourth-order valence-corrected chi connectivity index (χ4v) is 1.26. The van der Waals surface area contributed by atoms with E-state index in [1.54, 1.807) is 30.4 Å². The van der Waals surface area contributed by atoms with Crippen LogP contribution in [0.3, 0.4) is 0 Å². The highest BCUT2D eigenvalue weighted by molar-refractivity contribution is 5.36. The molecule has 1 N–H and O–H groups in total. The summed E-state index contributed by atoms with van der Waals surface area (Å²) in [5.74, 6) is 0.342. The van der Waals surface area contributed by atoms with Crippen LogP contribution in [0.2, 0.25) is 0 Å². The van der Waals surface area contributed by atoms with Crippen molar-refractivity contribution < 1.29 is 5.11 Å². The van der Waals surface area contributed by atoms with Crippen molar-refractivity contribution in [3.63, 3.8) is 0 Å². The molecule has 1 aromatic rings. The molecule has 0 aliphatic rings. The van der Waals surface area contributed by atoms with Crippen LogP contribution in [0.25, 0.3) is 0 Å². The SMILES string of the molecule is C=CCN(CCO)c1nccn(C)c1=O. The summed E-state index contributed by atoms with van der Waals surface area (Å²) in [7, 11) is 1.67. The predicted molar refractivity (Wildman–Crippen MR) is 59.0 cm³/mol. The van der Waals surface area contributed by atoms with Gasteiger partial charge in [-0.3, -0.25) is 4.79 Å². The van der Waals surface area contributed by atoms with E-state index in [0.717, 1.165) is 0 Å². The lowest BCUT2D eigenvalue weighted by molar-refractivity contribution is 0.302. The number of hydrogen-bond donors (Lipinski definition) is 1. The maximum absolute atomic E-state index is 11.7. The highest BCUT2D eigenvalue weighted by atomic mass is 16.3. The van der Waals surface area contributed by atoms with Gasteiger partial charge in [0.2, 0.25) is 0 Å². The summed E-state index contributed by atoms with van der Waals surface area (Å²) in [6.45, 7) is 4.45. The minimum Gasteiger partial charge on any atom is -0.395 e. The molecule has 0 amide bonds. The number of aromatic nitrogens is 2. The lowest BCUT2D eigenvalue weighted by Gasteiger charge is -2.20. The van der Waals surface area contributed by atoms with Gasteiger partial charge in [-0.2, -0.15) is 0 Å². The van der Waals surface area contributed by atoms with Crippen LogP contribution in [0.4, 0.5) is 5.82 Å². The quantitative estimate of drug-likeness (QED) is 0.680. The molecule has 0 bridgehead atoms. The van der Waals surface area contributed by atoms with E-state index in [-0.39, 0.29) is 12.2 Å². The van der Waals surface area contributed by atoms with Gasteiger partial charge in [-0.05, 0) is 0 Å². The van der Waals surface area contributed by atoms with E-state index in [4.69, 9.17) is 5.11 Å². The third-order valence-corrected chi connectivity index (χ3v) is 2.02. The van der Waals surface area contributed by atoms with Gasteiger partial charge in [0.05, 0.1) is 6.61 Å². The molecular weight excluding hydrogens is 194 g/mol. The number of hydrogen-bond acceptors (Lipinski definition) is 4. The van der Waals surface area contributed by atoms with Gasteiger partial charge in [-0.1, -0.05) is 6.08 Å². The predicted octanol–water partition coefficient (Wildman–Crippen LogP) is -0.235. The number of aliphatic hydroxyl groups is 1. The first-order valence-corrected chi connectivity index (χ1v) is 4.69. The monoisotopic (exact) mass is 209 g/mol. The summed E-state index contributed by atoms with van der Waals surface area (Å²) in [6, 6.07) is 0. The molecule has 5 nitrogen and oxygen atoms in total. The molecule has 1 heterocycles. The molecule has 0 saturated heterocycles. The third kappa shape index (κ3) is 2.66. The van der Waals surface area contributed by atoms with Gasteiger partial charge in [0, 0.05) is 32.5 Å². The topological polar surface area (TPSA) is 58.4 Å². The Hall–Kier alpha value is -1.62. The lowest BCUT2D eigenvalue weighted by atomic mass is 10.4. The van der Waals surface area contributed by atoms with Gasteiger partial charge in [-0.25, -0.2) is 4.98 Å². The van der Waals surface area contributed by atoms with Crippen LogP contribution in [0.15, 0.2) is 29.8 Å². The van der Waals surface area contributed by atoms with Crippen LogP contribution < -0.4 is 10.5 Å². The molecule has 5 heteroatoms. The third-order valence-electron chi connectivity index (χ3n) is 2.02. The second-order valence-corrected chi connectivity index (χ2v) is 3.13. The maximum atomic E-state index is 11.7. The zero-order valence-electron chi connectivity index (χ0n) is 8.76. The fraction of sp³-hybridized carbons (Fsp3) is 0.400. The van der Waals surface area contributed by atoms with E-state index >= 15 is 0 Å². The molecule has 0 fully saturated rings. The lowest BCUT2D eigenvalue weighted by Crippen LogP contribution is -2.34. The van der Waals surface area contributed by atoms with E-state index < -0.39 is 0 Å². The normalized spacial score (nSPS) is 10.0. The number of anilines is 1. The van der Waals surface area contributed by atoms with Crippen molar-refractivity contribution in [2.45, 2.75) is 0 Å². The maximum Gasteiger partial charge on any atom is 0.293 e. The van der Waals surface area contributed by atoms with Crippen LogP contribution >= 0.6 is 0 Å². The first kappa shape index (κ1) is 11.5. The Morgan fingerprint density at radius 1 is 1.73 bits per heavy atom. The van der Waals surface area contributed by atoms with E-state index in [0.29, 0.717) is 18.9 Å². The molecule has 0 aromatic carbocycles. The minimum atomic E-state index is -0.173. The average Bonchev–Trinajstić information content (AvgIpc) is 2.22. The van der Waals surface area contributed by atoms with Gasteiger partial charge in [0.1, 0.15) is 0 Å². The summed E-state index contributed by atoms with van der Waals surface area (Å²) in [6.07, 6.45) is 4.82. The second-order valence-electron chi connectivity index (χ2n) is 3.13. The molecule has 0 atom stereocenters. The Kier molecular flexibility index (Phi) is 4.05. The molecule has 0 unspecified atom stereocenters. The molecule has 0 radical (unpaired) electrons. The van der Waals surface area contributed by atoms with Crippen LogP contribution in [-0.2, 0) is 7.05 Å². The van der Waals surface area contributed by atoms with Crippen LogP contribution in [0, 0.1) is 0 Å². The average molecular weight is 209 g/mol. The summed E-state index contributed by atoms with van der Waals surface area (Å²) in [5, 5.41) is 8.87. The zero-order chi connectivity index (χ0) is 11.3. The summed E-state index contributed by atoms with van der Waals surface area (Å²) < 4.78 is 1.45. The van der Waals surface area contributed by atoms with E-state index in [1.807, 2.05) is 0 Å². The largest absolute Gasteiger partial charge is 0.395 e. The van der Waals surface area contributed by atoms with Crippen LogP contribution in [0.1, 0.15) is 0 Å². The van der Waals surface area contributed by atoms with E-state index in [1.165, 1.54) is 4.57 Å². The molecule has 15 heavy (non-hydrogen) atoms. The fourth-order valence-electron chi connectivity index (χ4n) is 1.26. The van der Waals surface area contributed by atoms with Crippen molar-refractivity contribution in [1.29, 1.82) is 0 Å². The highest BCUT2D eigenvalue weighted by Crippen LogP contribution is 2.01. The molecule has 0 saturated carbocycles. The van der Waals surface area contributed by atoms with Crippen LogP contribution in [0.5, 0.6) is 0 Å². The van der Waals surface area contributed by atoms with Crippen molar-refractivity contribution in [3.05, 3.63) is 35.4 Å². The Balaban J connectivity index is 3.04. The second kappa shape index (κ2) is 5.31. The highest BCUT2D eigenvalue weighted by Gasteiger charge is 2.10. The van der Waals surface area contributed by atoms with Crippen molar-refractivity contribution in [1.82, 2.24) is 9.55 Å². The molecule has 0 aliphatic carbocycles. The van der Waals surface area contributed by atoms with Crippen molar-refractivity contribution in [2.75, 3.05) is 24.6 Å². The first-order valence-electron chi connectivity index (χ1n) is 4.69. The van der Waals surface area contributed by atoms with Gasteiger partial charge in [-0.15, -0.1) is 6.58 Å². The van der Waals surface area contributed by atoms with Gasteiger partial charge < -0.3 is 14.6 Å². The van der Waals surface area contributed by atoms with Crippen molar-refractivity contribution in [2.24, 2.45) is 7.05 Å². The molecular formula is C10H15N3O2. The summed E-state index contributed by atoms with van der Waals surface area (Å²) >= 11 is 0. The zero-order valence-corrected chi connectivity index (χ0v) is 8.76. The number of aryl methyl sites for hydroxylation is 1. The summed E-state index contributed by atoms with van der Waals surface area (Å²) in [4.78, 5) is 17.4. The molecule has 0 spiro atoms. The number of rotatable bonds is 5. The number of aliphatic hydroxyl groups excluding tert-OH is 1. The number of nitrogens with zero attached hydrogens (tertiary/aromatic N) is 3. The van der Waals surface area contributed by atoms with Crippen LogP contribution in [-0.4, -0.2) is 34.4 Å². The Labute approximate surface area is 88.3 Å². The Morgan fingerprint density at radius 3 is 3.07 bits per heavy atom.